The topological polar surface area (TPSA) is 18.5 Å². The molecule has 0 aliphatic heterocycles. The van der Waals surface area contributed by atoms with Crippen molar-refractivity contribution in [2.75, 3.05) is 12.4 Å². The van der Waals surface area contributed by atoms with Crippen molar-refractivity contribution in [2.45, 2.75) is 38.3 Å². The second-order valence-corrected chi connectivity index (χ2v) is 7.29. The molecule has 0 N–H and O–H groups in total. The van der Waals surface area contributed by atoms with E-state index in [1.807, 2.05) is 26.0 Å². The van der Waals surface area contributed by atoms with E-state index in [2.05, 4.69) is 13.0 Å². The van der Waals surface area contributed by atoms with Crippen LogP contribution in [0.1, 0.15) is 31.4 Å². The van der Waals surface area contributed by atoms with E-state index in [0.29, 0.717) is 18.3 Å². The third kappa shape index (κ3) is 6.69. The highest BCUT2D eigenvalue weighted by atomic mass is 32.2. The van der Waals surface area contributed by atoms with E-state index in [1.165, 1.54) is 12.1 Å². The van der Waals surface area contributed by atoms with E-state index in [1.54, 1.807) is 18.4 Å². The van der Waals surface area contributed by atoms with Crippen LogP contribution in [0.4, 0.5) is 13.2 Å². The molecule has 0 bridgehead atoms. The SMILES string of the molecule is C[CH]Oc1ccc(SCC(CC)COc2ccc(C(F)(F)F)cc2)cc1C. The maximum absolute atomic E-state index is 12.6. The van der Waals surface area contributed by atoms with Gasteiger partial charge in [-0.05, 0) is 68.3 Å². The number of thioether (sulfide) groups is 1. The second kappa shape index (κ2) is 9.93. The van der Waals surface area contributed by atoms with Crippen molar-refractivity contribution >= 4 is 11.8 Å². The van der Waals surface area contributed by atoms with Crippen molar-refractivity contribution < 1.29 is 22.6 Å². The highest BCUT2D eigenvalue weighted by molar-refractivity contribution is 7.99. The van der Waals surface area contributed by atoms with Gasteiger partial charge in [0.05, 0.1) is 12.2 Å². The number of benzene rings is 2. The van der Waals surface area contributed by atoms with Crippen molar-refractivity contribution in [3.63, 3.8) is 0 Å². The Hall–Kier alpha value is -1.82. The highest BCUT2D eigenvalue weighted by Gasteiger charge is 2.30. The van der Waals surface area contributed by atoms with Crippen LogP contribution in [0.5, 0.6) is 11.5 Å². The third-order valence-corrected chi connectivity index (χ3v) is 5.35. The highest BCUT2D eigenvalue weighted by Crippen LogP contribution is 2.31. The summed E-state index contributed by atoms with van der Waals surface area (Å²) in [5.41, 5.74) is 0.410. The van der Waals surface area contributed by atoms with Crippen LogP contribution in [-0.2, 0) is 6.18 Å². The molecule has 0 spiro atoms. The standard InChI is InChI=1S/C21H24F3O2S/c1-4-16(13-26-18-8-6-17(7-9-18)21(22,23)24)14-27-19-10-11-20(25-5-2)15(3)12-19/h5-12,16H,4,13-14H2,1-3H3. The average Bonchev–Trinajstić information content (AvgIpc) is 2.63. The Morgan fingerprint density at radius 3 is 2.37 bits per heavy atom. The number of halogens is 3. The Bertz CT molecular complexity index is 714. The molecule has 0 aliphatic carbocycles. The van der Waals surface area contributed by atoms with E-state index < -0.39 is 11.7 Å². The van der Waals surface area contributed by atoms with Gasteiger partial charge in [-0.15, -0.1) is 11.8 Å². The fourth-order valence-corrected chi connectivity index (χ4v) is 3.61. The Kier molecular flexibility index (Phi) is 7.90. The molecule has 27 heavy (non-hydrogen) atoms. The Labute approximate surface area is 163 Å². The van der Waals surface area contributed by atoms with Gasteiger partial charge in [-0.1, -0.05) is 6.92 Å². The first-order chi connectivity index (χ1) is 12.8. The summed E-state index contributed by atoms with van der Waals surface area (Å²) < 4.78 is 48.9. The number of alkyl halides is 3. The molecule has 2 aromatic rings. The minimum Gasteiger partial charge on any atom is -0.493 e. The minimum absolute atomic E-state index is 0.303. The summed E-state index contributed by atoms with van der Waals surface area (Å²) in [7, 11) is 0. The molecule has 0 aromatic heterocycles. The monoisotopic (exact) mass is 397 g/mol. The summed E-state index contributed by atoms with van der Waals surface area (Å²) in [5.74, 6) is 2.48. The molecular weight excluding hydrogens is 373 g/mol. The summed E-state index contributed by atoms with van der Waals surface area (Å²) in [6, 6.07) is 10.9. The lowest BCUT2D eigenvalue weighted by Gasteiger charge is -2.16. The first-order valence-corrected chi connectivity index (χ1v) is 9.80. The fourth-order valence-electron chi connectivity index (χ4n) is 2.42. The van der Waals surface area contributed by atoms with E-state index in [9.17, 15) is 13.2 Å². The molecule has 6 heteroatoms. The lowest BCUT2D eigenvalue weighted by atomic mass is 10.1. The molecule has 147 valence electrons. The van der Waals surface area contributed by atoms with Crippen LogP contribution in [0, 0.1) is 19.4 Å². The number of ether oxygens (including phenoxy) is 2. The van der Waals surface area contributed by atoms with Crippen LogP contribution in [0.3, 0.4) is 0 Å². The average molecular weight is 397 g/mol. The molecule has 0 saturated heterocycles. The lowest BCUT2D eigenvalue weighted by Crippen LogP contribution is -2.14. The summed E-state index contributed by atoms with van der Waals surface area (Å²) in [5, 5.41) is 0. The van der Waals surface area contributed by atoms with Gasteiger partial charge in [-0.3, -0.25) is 0 Å². The first kappa shape index (κ1) is 21.5. The quantitative estimate of drug-likeness (QED) is 0.435. The van der Waals surface area contributed by atoms with Gasteiger partial charge in [0, 0.05) is 16.6 Å². The van der Waals surface area contributed by atoms with Gasteiger partial charge in [0.15, 0.2) is 0 Å². The van der Waals surface area contributed by atoms with Gasteiger partial charge >= 0.3 is 6.18 Å². The molecule has 2 aromatic carbocycles. The summed E-state index contributed by atoms with van der Waals surface area (Å²) >= 11 is 1.74. The van der Waals surface area contributed by atoms with Gasteiger partial charge in [0.1, 0.15) is 18.1 Å². The van der Waals surface area contributed by atoms with E-state index in [0.717, 1.165) is 40.5 Å². The van der Waals surface area contributed by atoms with Crippen molar-refractivity contribution in [2.24, 2.45) is 5.92 Å². The van der Waals surface area contributed by atoms with Crippen LogP contribution in [0.15, 0.2) is 47.4 Å². The summed E-state index contributed by atoms with van der Waals surface area (Å²) in [4.78, 5) is 1.16. The smallest absolute Gasteiger partial charge is 0.416 e. The molecule has 0 fully saturated rings. The van der Waals surface area contributed by atoms with Crippen LogP contribution in [0.2, 0.25) is 0 Å². The summed E-state index contributed by atoms with van der Waals surface area (Å²) in [6.07, 6.45) is -3.40. The van der Waals surface area contributed by atoms with Crippen LogP contribution in [0.25, 0.3) is 0 Å². The van der Waals surface area contributed by atoms with Gasteiger partial charge in [-0.25, -0.2) is 0 Å². The zero-order chi connectivity index (χ0) is 19.9. The van der Waals surface area contributed by atoms with Gasteiger partial charge < -0.3 is 9.47 Å². The molecule has 0 aliphatic rings. The Morgan fingerprint density at radius 1 is 1.11 bits per heavy atom. The molecule has 1 radical (unpaired) electrons. The zero-order valence-corrected chi connectivity index (χ0v) is 16.5. The predicted octanol–water partition coefficient (Wildman–Crippen LogP) is 6.77. The molecule has 1 atom stereocenters. The van der Waals surface area contributed by atoms with E-state index in [-0.39, 0.29) is 0 Å². The molecule has 0 saturated carbocycles. The van der Waals surface area contributed by atoms with E-state index in [4.69, 9.17) is 9.47 Å². The Balaban J connectivity index is 1.86. The third-order valence-electron chi connectivity index (χ3n) is 4.12. The largest absolute Gasteiger partial charge is 0.493 e. The van der Waals surface area contributed by atoms with Gasteiger partial charge in [0.25, 0.3) is 0 Å². The molecule has 2 rings (SSSR count). The molecule has 0 amide bonds. The van der Waals surface area contributed by atoms with Crippen LogP contribution < -0.4 is 9.47 Å². The fraction of sp³-hybridized carbons (Fsp3) is 0.381. The van der Waals surface area contributed by atoms with E-state index >= 15 is 0 Å². The van der Waals surface area contributed by atoms with Crippen molar-refractivity contribution in [3.8, 4) is 11.5 Å². The molecule has 2 nitrogen and oxygen atoms in total. The second-order valence-electron chi connectivity index (χ2n) is 6.20. The van der Waals surface area contributed by atoms with Crippen LogP contribution in [-0.4, -0.2) is 12.4 Å². The molecule has 0 heterocycles. The predicted molar refractivity (Wildman–Crippen MR) is 103 cm³/mol. The molecular formula is C21H24F3O2S. The normalized spacial score (nSPS) is 12.7. The summed E-state index contributed by atoms with van der Waals surface area (Å²) in [6.45, 7) is 8.06. The van der Waals surface area contributed by atoms with Crippen LogP contribution >= 0.6 is 11.8 Å². The molecule has 1 unspecified atom stereocenters. The Morgan fingerprint density at radius 2 is 1.81 bits per heavy atom. The number of rotatable bonds is 9. The van der Waals surface area contributed by atoms with Crippen molar-refractivity contribution in [3.05, 3.63) is 60.2 Å². The van der Waals surface area contributed by atoms with Gasteiger partial charge in [-0.2, -0.15) is 13.2 Å². The van der Waals surface area contributed by atoms with Crippen molar-refractivity contribution in [1.82, 2.24) is 0 Å². The number of hydrogen-bond acceptors (Lipinski definition) is 3. The maximum Gasteiger partial charge on any atom is 0.416 e. The maximum atomic E-state index is 12.6. The van der Waals surface area contributed by atoms with Crippen molar-refractivity contribution in [1.29, 1.82) is 0 Å². The minimum atomic E-state index is -4.32. The number of hydrogen-bond donors (Lipinski definition) is 0. The number of aryl methyl sites for hydroxylation is 1. The first-order valence-electron chi connectivity index (χ1n) is 8.81. The zero-order valence-electron chi connectivity index (χ0n) is 15.7. The van der Waals surface area contributed by atoms with Gasteiger partial charge in [0.2, 0.25) is 0 Å². The lowest BCUT2D eigenvalue weighted by molar-refractivity contribution is -0.137.